The molecule has 0 radical (unpaired) electrons. The van der Waals surface area contributed by atoms with E-state index in [1.165, 1.54) is 5.56 Å². The minimum absolute atomic E-state index is 0.503. The van der Waals surface area contributed by atoms with Gasteiger partial charge in [-0.25, -0.2) is 0 Å². The summed E-state index contributed by atoms with van der Waals surface area (Å²) in [4.78, 5) is 2.41. The van der Waals surface area contributed by atoms with Crippen molar-refractivity contribution in [2.75, 3.05) is 33.3 Å². The Morgan fingerprint density at radius 1 is 0.906 bits per heavy atom. The average Bonchev–Trinajstić information content (AvgIpc) is 2.84. The maximum absolute atomic E-state index is 6.30. The summed E-state index contributed by atoms with van der Waals surface area (Å²) in [6, 6.07) is 24.0. The molecule has 5 nitrogen and oxygen atoms in total. The molecule has 0 spiro atoms. The number of piperazine rings is 1. The zero-order chi connectivity index (χ0) is 22.2. The Bertz CT molecular complexity index is 1030. The molecule has 0 unspecified atom stereocenters. The van der Waals surface area contributed by atoms with Crippen LogP contribution < -0.4 is 9.47 Å². The van der Waals surface area contributed by atoms with Gasteiger partial charge in [0, 0.05) is 37.7 Å². The fourth-order valence-corrected chi connectivity index (χ4v) is 3.84. The zero-order valence-electron chi connectivity index (χ0n) is 18.3. The first-order chi connectivity index (χ1) is 15.7. The molecule has 4 rings (SSSR count). The SMILES string of the molecule is COc1cc(/C=N\N2CCN(Cc3ccccc3Cl)CC2)ccc1OCc1ccccc1. The van der Waals surface area contributed by atoms with E-state index in [9.17, 15) is 0 Å². The van der Waals surface area contributed by atoms with Crippen LogP contribution in [0.4, 0.5) is 0 Å². The highest BCUT2D eigenvalue weighted by molar-refractivity contribution is 6.31. The zero-order valence-corrected chi connectivity index (χ0v) is 19.0. The highest BCUT2D eigenvalue weighted by atomic mass is 35.5. The highest BCUT2D eigenvalue weighted by Gasteiger charge is 2.16. The van der Waals surface area contributed by atoms with Gasteiger partial charge in [-0.1, -0.05) is 60.1 Å². The number of benzene rings is 3. The number of halogens is 1. The standard InChI is InChI=1S/C26H28ClN3O2/c1-31-26-17-22(11-12-25(26)32-20-21-7-3-2-4-8-21)18-28-30-15-13-29(14-16-30)19-23-9-5-6-10-24(23)27/h2-12,17-18H,13-16,19-20H2,1H3/b28-18-. The van der Waals surface area contributed by atoms with Crippen molar-refractivity contribution in [1.82, 2.24) is 9.91 Å². The van der Waals surface area contributed by atoms with E-state index in [4.69, 9.17) is 21.1 Å². The van der Waals surface area contributed by atoms with Crippen LogP contribution in [0.15, 0.2) is 77.9 Å². The lowest BCUT2D eigenvalue weighted by Gasteiger charge is -2.33. The van der Waals surface area contributed by atoms with Crippen LogP contribution in [0.1, 0.15) is 16.7 Å². The minimum atomic E-state index is 0.503. The lowest BCUT2D eigenvalue weighted by Crippen LogP contribution is -2.43. The summed E-state index contributed by atoms with van der Waals surface area (Å²) in [6.45, 7) is 5.06. The van der Waals surface area contributed by atoms with Gasteiger partial charge in [-0.15, -0.1) is 0 Å². The van der Waals surface area contributed by atoms with Crippen molar-refractivity contribution >= 4 is 17.8 Å². The molecule has 3 aromatic carbocycles. The summed E-state index contributed by atoms with van der Waals surface area (Å²) in [6.07, 6.45) is 1.88. The van der Waals surface area contributed by atoms with Gasteiger partial charge in [-0.05, 0) is 41.0 Å². The highest BCUT2D eigenvalue weighted by Crippen LogP contribution is 2.28. The molecule has 0 bridgehead atoms. The van der Waals surface area contributed by atoms with Gasteiger partial charge in [-0.3, -0.25) is 9.91 Å². The summed E-state index contributed by atoms with van der Waals surface area (Å²) in [5.41, 5.74) is 3.27. The number of rotatable bonds is 8. The second kappa shape index (κ2) is 11.0. The number of ether oxygens (including phenoxy) is 2. The fraction of sp³-hybridized carbons (Fsp3) is 0.269. The maximum Gasteiger partial charge on any atom is 0.161 e. The van der Waals surface area contributed by atoms with Crippen LogP contribution in [-0.2, 0) is 13.2 Å². The first kappa shape index (κ1) is 22.2. The molecule has 1 heterocycles. The van der Waals surface area contributed by atoms with E-state index in [0.29, 0.717) is 12.4 Å². The molecule has 0 saturated carbocycles. The molecular formula is C26H28ClN3O2. The largest absolute Gasteiger partial charge is 0.493 e. The van der Waals surface area contributed by atoms with Crippen LogP contribution in [0.2, 0.25) is 5.02 Å². The van der Waals surface area contributed by atoms with Crippen molar-refractivity contribution in [2.45, 2.75) is 13.2 Å². The predicted molar refractivity (Wildman–Crippen MR) is 130 cm³/mol. The van der Waals surface area contributed by atoms with Crippen LogP contribution in [0.3, 0.4) is 0 Å². The molecule has 1 aliphatic heterocycles. The fourth-order valence-electron chi connectivity index (χ4n) is 3.65. The molecule has 0 aromatic heterocycles. The Morgan fingerprint density at radius 2 is 1.66 bits per heavy atom. The molecule has 0 aliphatic carbocycles. The number of hydrazone groups is 1. The summed E-state index contributed by atoms with van der Waals surface area (Å²) >= 11 is 6.30. The Balaban J connectivity index is 1.30. The van der Waals surface area contributed by atoms with Gasteiger partial charge in [0.15, 0.2) is 11.5 Å². The molecule has 6 heteroatoms. The van der Waals surface area contributed by atoms with E-state index in [1.807, 2.05) is 72.9 Å². The van der Waals surface area contributed by atoms with Crippen LogP contribution in [-0.4, -0.2) is 49.4 Å². The second-order valence-corrected chi connectivity index (χ2v) is 8.16. The van der Waals surface area contributed by atoms with Crippen LogP contribution >= 0.6 is 11.6 Å². The van der Waals surface area contributed by atoms with E-state index in [0.717, 1.165) is 54.6 Å². The Hall–Kier alpha value is -3.02. The molecule has 0 amide bonds. The number of hydrogen-bond acceptors (Lipinski definition) is 5. The van der Waals surface area contributed by atoms with Crippen LogP contribution in [0, 0.1) is 0 Å². The summed E-state index contributed by atoms with van der Waals surface area (Å²) in [5.74, 6) is 1.43. The number of nitrogens with zero attached hydrogens (tertiary/aromatic N) is 3. The molecule has 3 aromatic rings. The quantitative estimate of drug-likeness (QED) is 0.449. The Kier molecular flexibility index (Phi) is 7.64. The molecule has 1 fully saturated rings. The van der Waals surface area contributed by atoms with Crippen LogP contribution in [0.5, 0.6) is 11.5 Å². The maximum atomic E-state index is 6.30. The molecule has 0 atom stereocenters. The Morgan fingerprint density at radius 3 is 2.41 bits per heavy atom. The lowest BCUT2D eigenvalue weighted by molar-refractivity contribution is 0.131. The van der Waals surface area contributed by atoms with Gasteiger partial charge in [0.25, 0.3) is 0 Å². The van der Waals surface area contributed by atoms with Gasteiger partial charge < -0.3 is 9.47 Å². The van der Waals surface area contributed by atoms with Crippen molar-refractivity contribution in [3.05, 3.63) is 94.5 Å². The van der Waals surface area contributed by atoms with E-state index in [-0.39, 0.29) is 0 Å². The molecule has 32 heavy (non-hydrogen) atoms. The lowest BCUT2D eigenvalue weighted by atomic mass is 10.2. The van der Waals surface area contributed by atoms with Crippen molar-refractivity contribution in [3.8, 4) is 11.5 Å². The third-order valence-electron chi connectivity index (χ3n) is 5.50. The van der Waals surface area contributed by atoms with E-state index in [2.05, 4.69) is 21.1 Å². The third kappa shape index (κ3) is 6.02. The van der Waals surface area contributed by atoms with E-state index in [1.54, 1.807) is 7.11 Å². The van der Waals surface area contributed by atoms with Crippen molar-refractivity contribution < 1.29 is 9.47 Å². The van der Waals surface area contributed by atoms with Crippen LogP contribution in [0.25, 0.3) is 0 Å². The van der Waals surface area contributed by atoms with Gasteiger partial charge in [0.05, 0.1) is 13.3 Å². The van der Waals surface area contributed by atoms with E-state index >= 15 is 0 Å². The van der Waals surface area contributed by atoms with E-state index < -0.39 is 0 Å². The minimum Gasteiger partial charge on any atom is -0.493 e. The number of methoxy groups -OCH3 is 1. The molecular weight excluding hydrogens is 422 g/mol. The van der Waals surface area contributed by atoms with Crippen molar-refractivity contribution in [3.63, 3.8) is 0 Å². The Labute approximate surface area is 194 Å². The topological polar surface area (TPSA) is 37.3 Å². The summed E-state index contributed by atoms with van der Waals surface area (Å²) in [7, 11) is 1.66. The monoisotopic (exact) mass is 449 g/mol. The van der Waals surface area contributed by atoms with Gasteiger partial charge in [0.2, 0.25) is 0 Å². The van der Waals surface area contributed by atoms with Gasteiger partial charge in [-0.2, -0.15) is 5.10 Å². The van der Waals surface area contributed by atoms with Gasteiger partial charge >= 0.3 is 0 Å². The first-order valence-electron chi connectivity index (χ1n) is 10.8. The normalized spacial score (nSPS) is 14.6. The number of hydrogen-bond donors (Lipinski definition) is 0. The van der Waals surface area contributed by atoms with Crippen molar-refractivity contribution in [1.29, 1.82) is 0 Å². The predicted octanol–water partition coefficient (Wildman–Crippen LogP) is 5.08. The first-order valence-corrected chi connectivity index (χ1v) is 11.2. The summed E-state index contributed by atoms with van der Waals surface area (Å²) in [5, 5.41) is 7.61. The molecule has 166 valence electrons. The summed E-state index contributed by atoms with van der Waals surface area (Å²) < 4.78 is 11.5. The average molecular weight is 450 g/mol. The smallest absolute Gasteiger partial charge is 0.161 e. The van der Waals surface area contributed by atoms with Gasteiger partial charge in [0.1, 0.15) is 6.61 Å². The molecule has 1 aliphatic rings. The molecule has 0 N–H and O–H groups in total. The van der Waals surface area contributed by atoms with Crippen molar-refractivity contribution in [2.24, 2.45) is 5.10 Å². The third-order valence-corrected chi connectivity index (χ3v) is 5.86. The second-order valence-electron chi connectivity index (χ2n) is 7.75. The molecule has 1 saturated heterocycles.